The maximum atomic E-state index is 12.6. The van der Waals surface area contributed by atoms with Crippen LogP contribution in [-0.2, 0) is 24.3 Å². The molecule has 0 radical (unpaired) electrons. The SMILES string of the molecule is CC(C)Cc1ncc2c(n1)CN(C(=O)C(C)n1cccn1)C2. The fourth-order valence-corrected chi connectivity index (χ4v) is 2.70. The molecular formula is C16H21N5O. The molecule has 6 nitrogen and oxygen atoms in total. The minimum Gasteiger partial charge on any atom is -0.330 e. The van der Waals surface area contributed by atoms with Crippen LogP contribution in [0, 0.1) is 5.92 Å². The highest BCUT2D eigenvalue weighted by Gasteiger charge is 2.29. The number of hydrogen-bond acceptors (Lipinski definition) is 4. The van der Waals surface area contributed by atoms with Crippen molar-refractivity contribution in [2.24, 2.45) is 5.92 Å². The summed E-state index contributed by atoms with van der Waals surface area (Å²) in [7, 11) is 0. The second-order valence-electron chi connectivity index (χ2n) is 6.21. The molecule has 6 heteroatoms. The van der Waals surface area contributed by atoms with Crippen molar-refractivity contribution in [2.75, 3.05) is 0 Å². The molecule has 3 heterocycles. The molecule has 0 aromatic carbocycles. The van der Waals surface area contributed by atoms with Gasteiger partial charge in [0.05, 0.1) is 12.2 Å². The van der Waals surface area contributed by atoms with Crippen molar-refractivity contribution in [1.29, 1.82) is 0 Å². The Hall–Kier alpha value is -2.24. The van der Waals surface area contributed by atoms with Crippen molar-refractivity contribution >= 4 is 5.91 Å². The molecule has 2 aromatic rings. The number of aromatic nitrogens is 4. The van der Waals surface area contributed by atoms with E-state index in [1.165, 1.54) is 0 Å². The first-order valence-electron chi connectivity index (χ1n) is 7.66. The Morgan fingerprint density at radius 1 is 1.32 bits per heavy atom. The maximum Gasteiger partial charge on any atom is 0.247 e. The molecule has 0 saturated carbocycles. The summed E-state index contributed by atoms with van der Waals surface area (Å²) in [5.74, 6) is 1.45. The number of nitrogens with zero attached hydrogens (tertiary/aromatic N) is 5. The standard InChI is InChI=1S/C16H21N5O/c1-11(2)7-15-17-8-13-9-20(10-14(13)19-15)16(22)12(3)21-6-4-5-18-21/h4-6,8,11-12H,7,9-10H2,1-3H3. The molecule has 0 spiro atoms. The van der Waals surface area contributed by atoms with E-state index >= 15 is 0 Å². The van der Waals surface area contributed by atoms with Gasteiger partial charge >= 0.3 is 0 Å². The summed E-state index contributed by atoms with van der Waals surface area (Å²) < 4.78 is 1.68. The Balaban J connectivity index is 1.72. The molecule has 0 N–H and O–H groups in total. The van der Waals surface area contributed by atoms with Gasteiger partial charge in [0.2, 0.25) is 5.91 Å². The molecule has 1 aliphatic rings. The molecule has 2 aromatic heterocycles. The first kappa shape index (κ1) is 14.7. The minimum absolute atomic E-state index is 0.0621. The van der Waals surface area contributed by atoms with E-state index in [1.54, 1.807) is 10.9 Å². The molecule has 116 valence electrons. The molecule has 1 amide bonds. The first-order valence-corrected chi connectivity index (χ1v) is 7.66. The third kappa shape index (κ3) is 2.86. The molecular weight excluding hydrogens is 278 g/mol. The van der Waals surface area contributed by atoms with Crippen molar-refractivity contribution in [1.82, 2.24) is 24.6 Å². The van der Waals surface area contributed by atoms with E-state index in [4.69, 9.17) is 0 Å². The molecule has 1 aliphatic heterocycles. The van der Waals surface area contributed by atoms with E-state index < -0.39 is 0 Å². The summed E-state index contributed by atoms with van der Waals surface area (Å²) in [6.07, 6.45) is 6.23. The van der Waals surface area contributed by atoms with E-state index in [0.717, 1.165) is 23.5 Å². The van der Waals surface area contributed by atoms with Crippen molar-refractivity contribution in [3.8, 4) is 0 Å². The predicted molar refractivity (Wildman–Crippen MR) is 81.8 cm³/mol. The lowest BCUT2D eigenvalue weighted by atomic mass is 10.1. The smallest absolute Gasteiger partial charge is 0.247 e. The second-order valence-corrected chi connectivity index (χ2v) is 6.21. The Morgan fingerprint density at radius 3 is 2.82 bits per heavy atom. The highest BCUT2D eigenvalue weighted by atomic mass is 16.2. The van der Waals surface area contributed by atoms with Gasteiger partial charge in [-0.05, 0) is 18.9 Å². The van der Waals surface area contributed by atoms with Crippen LogP contribution in [-0.4, -0.2) is 30.6 Å². The van der Waals surface area contributed by atoms with E-state index in [0.29, 0.717) is 19.0 Å². The average Bonchev–Trinajstić information content (AvgIpc) is 3.13. The van der Waals surface area contributed by atoms with Gasteiger partial charge in [-0.1, -0.05) is 13.8 Å². The van der Waals surface area contributed by atoms with Gasteiger partial charge in [0.1, 0.15) is 11.9 Å². The molecule has 0 fully saturated rings. The lowest BCUT2D eigenvalue weighted by Crippen LogP contribution is -2.32. The highest BCUT2D eigenvalue weighted by molar-refractivity contribution is 5.80. The zero-order valence-electron chi connectivity index (χ0n) is 13.2. The summed E-state index contributed by atoms with van der Waals surface area (Å²) in [4.78, 5) is 23.4. The van der Waals surface area contributed by atoms with Crippen LogP contribution in [0.3, 0.4) is 0 Å². The average molecular weight is 299 g/mol. The van der Waals surface area contributed by atoms with Crippen molar-refractivity contribution in [3.63, 3.8) is 0 Å². The van der Waals surface area contributed by atoms with Crippen molar-refractivity contribution < 1.29 is 4.79 Å². The Kier molecular flexibility index (Phi) is 3.92. The van der Waals surface area contributed by atoms with Gasteiger partial charge in [0, 0.05) is 37.1 Å². The van der Waals surface area contributed by atoms with Crippen LogP contribution in [0.4, 0.5) is 0 Å². The third-order valence-corrected chi connectivity index (χ3v) is 3.89. The van der Waals surface area contributed by atoms with Crippen LogP contribution in [0.15, 0.2) is 24.7 Å². The van der Waals surface area contributed by atoms with Crippen LogP contribution in [0.1, 0.15) is 43.9 Å². The molecule has 3 rings (SSSR count). The van der Waals surface area contributed by atoms with Crippen LogP contribution < -0.4 is 0 Å². The quantitative estimate of drug-likeness (QED) is 0.866. The fraction of sp³-hybridized carbons (Fsp3) is 0.500. The fourth-order valence-electron chi connectivity index (χ4n) is 2.70. The molecule has 1 unspecified atom stereocenters. The lowest BCUT2D eigenvalue weighted by molar-refractivity contribution is -0.135. The first-order chi connectivity index (χ1) is 10.5. The molecule has 1 atom stereocenters. The van der Waals surface area contributed by atoms with Crippen LogP contribution in [0.25, 0.3) is 0 Å². The molecule has 0 bridgehead atoms. The van der Waals surface area contributed by atoms with E-state index in [2.05, 4.69) is 28.9 Å². The van der Waals surface area contributed by atoms with Crippen molar-refractivity contribution in [2.45, 2.75) is 46.3 Å². The number of carbonyl (C=O) groups excluding carboxylic acids is 1. The van der Waals surface area contributed by atoms with Gasteiger partial charge in [-0.25, -0.2) is 9.97 Å². The highest BCUT2D eigenvalue weighted by Crippen LogP contribution is 2.23. The monoisotopic (exact) mass is 299 g/mol. The summed E-state index contributed by atoms with van der Waals surface area (Å²) in [5.41, 5.74) is 2.03. The van der Waals surface area contributed by atoms with Gasteiger partial charge in [-0.2, -0.15) is 5.10 Å². The van der Waals surface area contributed by atoms with E-state index in [9.17, 15) is 4.79 Å². The normalized spacial score (nSPS) is 15.2. The lowest BCUT2D eigenvalue weighted by Gasteiger charge is -2.20. The van der Waals surface area contributed by atoms with Gasteiger partial charge in [-0.15, -0.1) is 0 Å². The largest absolute Gasteiger partial charge is 0.330 e. The summed E-state index contributed by atoms with van der Waals surface area (Å²) in [6, 6.07) is 1.53. The number of amides is 1. The maximum absolute atomic E-state index is 12.6. The van der Waals surface area contributed by atoms with E-state index in [-0.39, 0.29) is 11.9 Å². The topological polar surface area (TPSA) is 63.9 Å². The zero-order valence-corrected chi connectivity index (χ0v) is 13.2. The van der Waals surface area contributed by atoms with Gasteiger partial charge in [0.15, 0.2) is 0 Å². The zero-order chi connectivity index (χ0) is 15.7. The Bertz CT molecular complexity index is 665. The second kappa shape index (κ2) is 5.87. The number of hydrogen-bond donors (Lipinski definition) is 0. The number of rotatable bonds is 4. The van der Waals surface area contributed by atoms with Gasteiger partial charge in [-0.3, -0.25) is 9.48 Å². The molecule has 0 aliphatic carbocycles. The van der Waals surface area contributed by atoms with Crippen LogP contribution in [0.2, 0.25) is 0 Å². The van der Waals surface area contributed by atoms with Gasteiger partial charge in [0.25, 0.3) is 0 Å². The van der Waals surface area contributed by atoms with Crippen LogP contribution in [0.5, 0.6) is 0 Å². The van der Waals surface area contributed by atoms with Crippen LogP contribution >= 0.6 is 0 Å². The number of carbonyl (C=O) groups is 1. The van der Waals surface area contributed by atoms with Gasteiger partial charge < -0.3 is 4.90 Å². The summed E-state index contributed by atoms with van der Waals surface area (Å²) >= 11 is 0. The third-order valence-electron chi connectivity index (χ3n) is 3.89. The molecule has 0 saturated heterocycles. The van der Waals surface area contributed by atoms with E-state index in [1.807, 2.05) is 30.3 Å². The number of fused-ring (bicyclic) bond motifs is 1. The van der Waals surface area contributed by atoms with Crippen molar-refractivity contribution in [3.05, 3.63) is 41.7 Å². The minimum atomic E-state index is -0.299. The Labute approximate surface area is 130 Å². The predicted octanol–water partition coefficient (Wildman–Crippen LogP) is 1.97. The summed E-state index contributed by atoms with van der Waals surface area (Å²) in [5, 5.41) is 4.15. The summed E-state index contributed by atoms with van der Waals surface area (Å²) in [6.45, 7) is 7.32. The Morgan fingerprint density at radius 2 is 2.14 bits per heavy atom. The molecule has 22 heavy (non-hydrogen) atoms.